The lowest BCUT2D eigenvalue weighted by Crippen LogP contribution is -2.48. The molecule has 2 rings (SSSR count). The molecule has 5 nitrogen and oxygen atoms in total. The Bertz CT molecular complexity index is 658. The molecule has 0 radical (unpaired) electrons. The summed E-state index contributed by atoms with van der Waals surface area (Å²) in [6, 6.07) is 7.26. The van der Waals surface area contributed by atoms with Crippen molar-refractivity contribution in [2.75, 3.05) is 31.5 Å². The zero-order valence-electron chi connectivity index (χ0n) is 15.8. The molecule has 1 amide bonds. The van der Waals surface area contributed by atoms with Crippen molar-refractivity contribution in [3.8, 4) is 12.3 Å². The third-order valence-electron chi connectivity index (χ3n) is 4.19. The highest BCUT2D eigenvalue weighted by atomic mass is 127. The van der Waals surface area contributed by atoms with Crippen molar-refractivity contribution in [2.45, 2.75) is 27.2 Å². The topological polar surface area (TPSA) is 56.7 Å². The van der Waals surface area contributed by atoms with Gasteiger partial charge < -0.3 is 15.5 Å². The van der Waals surface area contributed by atoms with Gasteiger partial charge in [0.1, 0.15) is 6.54 Å². The maximum Gasteiger partial charge on any atom is 0.246 e. The summed E-state index contributed by atoms with van der Waals surface area (Å²) in [6.45, 7) is 9.38. The number of nitrogens with one attached hydrogen (secondary N) is 2. The van der Waals surface area contributed by atoms with Gasteiger partial charge in [-0.2, -0.15) is 0 Å². The molecular formula is C20H29IN4O. The fraction of sp³-hybridized carbons (Fsp3) is 0.500. The zero-order valence-corrected chi connectivity index (χ0v) is 18.1. The van der Waals surface area contributed by atoms with Gasteiger partial charge in [0.15, 0.2) is 5.96 Å². The van der Waals surface area contributed by atoms with Crippen molar-refractivity contribution < 1.29 is 4.79 Å². The second-order valence-electron chi connectivity index (χ2n) is 6.79. The van der Waals surface area contributed by atoms with Crippen molar-refractivity contribution >= 4 is 41.5 Å². The molecule has 2 atom stereocenters. The SMILES string of the molecule is C#Cc1cccc(NC(=O)CN=C(NCC)N2CC(C)CC(C)C2)c1.I. The molecule has 0 aliphatic carbocycles. The minimum absolute atomic E-state index is 0. The highest BCUT2D eigenvalue weighted by molar-refractivity contribution is 14.0. The van der Waals surface area contributed by atoms with E-state index in [9.17, 15) is 4.79 Å². The van der Waals surface area contributed by atoms with Gasteiger partial charge in [0, 0.05) is 30.9 Å². The Morgan fingerprint density at radius 3 is 2.65 bits per heavy atom. The highest BCUT2D eigenvalue weighted by Crippen LogP contribution is 2.20. The van der Waals surface area contributed by atoms with E-state index in [2.05, 4.69) is 40.3 Å². The number of hydrogen-bond acceptors (Lipinski definition) is 2. The number of guanidine groups is 1. The van der Waals surface area contributed by atoms with Gasteiger partial charge in [0.05, 0.1) is 0 Å². The molecule has 1 fully saturated rings. The van der Waals surface area contributed by atoms with Crippen molar-refractivity contribution in [3.05, 3.63) is 29.8 Å². The molecule has 26 heavy (non-hydrogen) atoms. The van der Waals surface area contributed by atoms with Crippen LogP contribution in [0.3, 0.4) is 0 Å². The summed E-state index contributed by atoms with van der Waals surface area (Å²) in [7, 11) is 0. The van der Waals surface area contributed by atoms with Crippen molar-refractivity contribution in [1.29, 1.82) is 0 Å². The van der Waals surface area contributed by atoms with Gasteiger partial charge in [0.2, 0.25) is 5.91 Å². The van der Waals surface area contributed by atoms with Gasteiger partial charge in [-0.15, -0.1) is 30.4 Å². The maximum absolute atomic E-state index is 12.2. The van der Waals surface area contributed by atoms with E-state index >= 15 is 0 Å². The first kappa shape index (κ1) is 22.3. The first-order valence-corrected chi connectivity index (χ1v) is 8.91. The first-order valence-electron chi connectivity index (χ1n) is 8.91. The average molecular weight is 468 g/mol. The molecule has 1 saturated heterocycles. The van der Waals surface area contributed by atoms with Crippen LogP contribution in [0, 0.1) is 24.2 Å². The van der Waals surface area contributed by atoms with Gasteiger partial charge >= 0.3 is 0 Å². The van der Waals surface area contributed by atoms with Crippen LogP contribution in [0.1, 0.15) is 32.8 Å². The quantitative estimate of drug-likeness (QED) is 0.309. The molecule has 1 aromatic rings. The summed E-state index contributed by atoms with van der Waals surface area (Å²) in [5, 5.41) is 6.15. The van der Waals surface area contributed by atoms with Crippen LogP contribution < -0.4 is 10.6 Å². The number of hydrogen-bond donors (Lipinski definition) is 2. The standard InChI is InChI=1S/C20H28N4O.HI/c1-5-17-8-7-9-18(11-17)23-19(25)12-22-20(21-6-2)24-13-15(3)10-16(4)14-24;/h1,7-9,11,15-16H,6,10,12-14H2,2-4H3,(H,21,22)(H,23,25);1H. The smallest absolute Gasteiger partial charge is 0.246 e. The van der Waals surface area contributed by atoms with Gasteiger partial charge in [-0.25, -0.2) is 4.99 Å². The number of benzene rings is 1. The molecule has 0 spiro atoms. The Morgan fingerprint density at radius 2 is 2.04 bits per heavy atom. The van der Waals surface area contributed by atoms with E-state index in [1.165, 1.54) is 6.42 Å². The molecule has 0 saturated carbocycles. The van der Waals surface area contributed by atoms with E-state index in [1.54, 1.807) is 6.07 Å². The number of halogens is 1. The number of aliphatic imine (C=N–C) groups is 1. The fourth-order valence-corrected chi connectivity index (χ4v) is 3.30. The van der Waals surface area contributed by atoms with Crippen LogP contribution in [-0.4, -0.2) is 42.9 Å². The molecule has 142 valence electrons. The number of likely N-dealkylation sites (tertiary alicyclic amines) is 1. The van der Waals surface area contributed by atoms with Crippen LogP contribution in [0.4, 0.5) is 5.69 Å². The van der Waals surface area contributed by atoms with E-state index in [1.807, 2.05) is 25.1 Å². The molecule has 6 heteroatoms. The lowest BCUT2D eigenvalue weighted by Gasteiger charge is -2.37. The summed E-state index contributed by atoms with van der Waals surface area (Å²) >= 11 is 0. The van der Waals surface area contributed by atoms with E-state index < -0.39 is 0 Å². The lowest BCUT2D eigenvalue weighted by molar-refractivity contribution is -0.114. The second kappa shape index (κ2) is 11.1. The molecule has 1 heterocycles. The summed E-state index contributed by atoms with van der Waals surface area (Å²) < 4.78 is 0. The molecule has 1 aliphatic rings. The Kier molecular flexibility index (Phi) is 9.49. The summed E-state index contributed by atoms with van der Waals surface area (Å²) in [5.41, 5.74) is 1.44. The summed E-state index contributed by atoms with van der Waals surface area (Å²) in [4.78, 5) is 19.0. The van der Waals surface area contributed by atoms with E-state index in [-0.39, 0.29) is 36.4 Å². The summed E-state index contributed by atoms with van der Waals surface area (Å²) in [5.74, 6) is 4.49. The predicted molar refractivity (Wildman–Crippen MR) is 119 cm³/mol. The minimum Gasteiger partial charge on any atom is -0.357 e. The number of rotatable bonds is 4. The summed E-state index contributed by atoms with van der Waals surface area (Å²) in [6.07, 6.45) is 6.63. The second-order valence-corrected chi connectivity index (χ2v) is 6.79. The Morgan fingerprint density at radius 1 is 1.35 bits per heavy atom. The largest absolute Gasteiger partial charge is 0.357 e. The monoisotopic (exact) mass is 468 g/mol. The molecule has 2 N–H and O–H groups in total. The zero-order chi connectivity index (χ0) is 18.2. The normalized spacial score (nSPS) is 19.9. The van der Waals surface area contributed by atoms with Gasteiger partial charge in [-0.1, -0.05) is 25.8 Å². The van der Waals surface area contributed by atoms with E-state index in [0.717, 1.165) is 31.2 Å². The number of terminal acetylenes is 1. The van der Waals surface area contributed by atoms with Crippen LogP contribution in [0.15, 0.2) is 29.3 Å². The Hall–Kier alpha value is -1.75. The number of carbonyl (C=O) groups is 1. The molecule has 2 unspecified atom stereocenters. The Balaban J connectivity index is 0.00000338. The number of amides is 1. The minimum atomic E-state index is -0.150. The number of anilines is 1. The van der Waals surface area contributed by atoms with Crippen LogP contribution in [0.5, 0.6) is 0 Å². The number of piperidine rings is 1. The average Bonchev–Trinajstić information content (AvgIpc) is 2.57. The van der Waals surface area contributed by atoms with E-state index in [0.29, 0.717) is 17.5 Å². The molecule has 1 aromatic carbocycles. The van der Waals surface area contributed by atoms with Crippen LogP contribution in [0.2, 0.25) is 0 Å². The Labute approximate surface area is 174 Å². The van der Waals surface area contributed by atoms with Crippen molar-refractivity contribution in [1.82, 2.24) is 10.2 Å². The van der Waals surface area contributed by atoms with Crippen molar-refractivity contribution in [2.24, 2.45) is 16.8 Å². The number of carbonyl (C=O) groups excluding carboxylic acids is 1. The molecule has 0 aromatic heterocycles. The lowest BCUT2D eigenvalue weighted by atomic mass is 9.92. The third kappa shape index (κ3) is 6.87. The van der Waals surface area contributed by atoms with Crippen LogP contribution in [-0.2, 0) is 4.79 Å². The molecular weight excluding hydrogens is 439 g/mol. The molecule has 1 aliphatic heterocycles. The highest BCUT2D eigenvalue weighted by Gasteiger charge is 2.24. The molecule has 0 bridgehead atoms. The van der Waals surface area contributed by atoms with Crippen LogP contribution >= 0.6 is 24.0 Å². The maximum atomic E-state index is 12.2. The van der Waals surface area contributed by atoms with Crippen LogP contribution in [0.25, 0.3) is 0 Å². The predicted octanol–water partition coefficient (Wildman–Crippen LogP) is 3.17. The van der Waals surface area contributed by atoms with Gasteiger partial charge in [-0.3, -0.25) is 4.79 Å². The van der Waals surface area contributed by atoms with E-state index in [4.69, 9.17) is 6.42 Å². The van der Waals surface area contributed by atoms with Gasteiger partial charge in [0.25, 0.3) is 0 Å². The number of nitrogens with zero attached hydrogens (tertiary/aromatic N) is 2. The first-order chi connectivity index (χ1) is 12.0. The van der Waals surface area contributed by atoms with Crippen molar-refractivity contribution in [3.63, 3.8) is 0 Å². The van der Waals surface area contributed by atoms with Gasteiger partial charge in [-0.05, 0) is 43.4 Å². The third-order valence-corrected chi connectivity index (χ3v) is 4.19. The fourth-order valence-electron chi connectivity index (χ4n) is 3.30.